The van der Waals surface area contributed by atoms with Gasteiger partial charge in [0.1, 0.15) is 4.88 Å². The van der Waals surface area contributed by atoms with Crippen molar-refractivity contribution in [3.8, 4) is 0 Å². The summed E-state index contributed by atoms with van der Waals surface area (Å²) in [6.45, 7) is 2.02. The molecule has 1 aliphatic rings. The molecule has 0 saturated heterocycles. The Hall–Kier alpha value is -2.01. The number of aryl methyl sites for hydroxylation is 1. The summed E-state index contributed by atoms with van der Waals surface area (Å²) in [5, 5.41) is 9.04. The Morgan fingerprint density at radius 1 is 1.13 bits per heavy atom. The van der Waals surface area contributed by atoms with Gasteiger partial charge in [0.05, 0.1) is 0 Å². The second-order valence-electron chi connectivity index (χ2n) is 8.14. The van der Waals surface area contributed by atoms with Crippen molar-refractivity contribution < 1.29 is 18.7 Å². The van der Waals surface area contributed by atoms with E-state index in [9.17, 15) is 13.6 Å². The highest BCUT2D eigenvalue weighted by atomic mass is 32.1. The predicted molar refractivity (Wildman–Crippen MR) is 119 cm³/mol. The number of hydrogen-bond acceptors (Lipinski definition) is 2. The molecule has 0 saturated carbocycles. The summed E-state index contributed by atoms with van der Waals surface area (Å²) in [6, 6.07) is 10.5. The number of aromatic carboxylic acids is 1. The summed E-state index contributed by atoms with van der Waals surface area (Å²) in [5.41, 5.74) is 2.44. The van der Waals surface area contributed by atoms with Gasteiger partial charge in [0.2, 0.25) is 0 Å². The van der Waals surface area contributed by atoms with Gasteiger partial charge in [-0.2, -0.15) is 0 Å². The predicted octanol–water partition coefficient (Wildman–Crippen LogP) is 7.93. The number of hydrogen-bond donors (Lipinski definition) is 1. The summed E-state index contributed by atoms with van der Waals surface area (Å²) in [4.78, 5) is 12.5. The van der Waals surface area contributed by atoms with E-state index in [0.29, 0.717) is 17.2 Å². The molecular formula is C25H30F2O2S. The largest absolute Gasteiger partial charge is 0.477 e. The van der Waals surface area contributed by atoms with E-state index >= 15 is 0 Å². The molecule has 0 amide bonds. The molecule has 0 unspecified atom stereocenters. The Balaban J connectivity index is 1.56. The quantitative estimate of drug-likeness (QED) is 0.366. The average molecular weight is 433 g/mol. The normalized spacial score (nSPS) is 16.6. The number of halogens is 2. The summed E-state index contributed by atoms with van der Waals surface area (Å²) in [6.07, 6.45) is 9.51. The smallest absolute Gasteiger partial charge is 0.345 e. The third-order valence-electron chi connectivity index (χ3n) is 5.90. The van der Waals surface area contributed by atoms with Crippen LogP contribution in [0.1, 0.15) is 84.0 Å². The Labute approximate surface area is 181 Å². The van der Waals surface area contributed by atoms with E-state index in [1.807, 2.05) is 25.1 Å². The van der Waals surface area contributed by atoms with Crippen molar-refractivity contribution in [2.24, 2.45) is 5.92 Å². The fourth-order valence-electron chi connectivity index (χ4n) is 4.21. The van der Waals surface area contributed by atoms with E-state index in [4.69, 9.17) is 5.11 Å². The summed E-state index contributed by atoms with van der Waals surface area (Å²) >= 11 is 1.35. The lowest BCUT2D eigenvalue weighted by Crippen LogP contribution is -2.13. The van der Waals surface area contributed by atoms with Gasteiger partial charge in [-0.05, 0) is 67.7 Å². The topological polar surface area (TPSA) is 37.3 Å². The van der Waals surface area contributed by atoms with Crippen molar-refractivity contribution in [2.45, 2.75) is 70.6 Å². The van der Waals surface area contributed by atoms with Crippen LogP contribution in [0.4, 0.5) is 8.78 Å². The van der Waals surface area contributed by atoms with Gasteiger partial charge >= 0.3 is 5.97 Å². The van der Waals surface area contributed by atoms with Crippen LogP contribution in [0, 0.1) is 5.92 Å². The third kappa shape index (κ3) is 5.78. The molecule has 2 nitrogen and oxygen atoms in total. The Kier molecular flexibility index (Phi) is 7.81. The van der Waals surface area contributed by atoms with E-state index in [0.717, 1.165) is 55.4 Å². The van der Waals surface area contributed by atoms with Crippen LogP contribution in [0.2, 0.25) is 0 Å². The maximum Gasteiger partial charge on any atom is 0.345 e. The third-order valence-corrected chi connectivity index (χ3v) is 7.04. The van der Waals surface area contributed by atoms with Crippen molar-refractivity contribution in [2.75, 3.05) is 0 Å². The fourth-order valence-corrected chi connectivity index (χ4v) is 5.10. The maximum absolute atomic E-state index is 14.4. The molecule has 0 radical (unpaired) electrons. The highest BCUT2D eigenvalue weighted by Crippen LogP contribution is 2.39. The lowest BCUT2D eigenvalue weighted by Gasteiger charge is -2.19. The second-order valence-corrected chi connectivity index (χ2v) is 9.30. The van der Waals surface area contributed by atoms with Crippen LogP contribution in [0.15, 0.2) is 42.5 Å². The minimum absolute atomic E-state index is 0.0855. The van der Waals surface area contributed by atoms with Gasteiger partial charge in [0.15, 0.2) is 0 Å². The molecule has 5 heteroatoms. The highest BCUT2D eigenvalue weighted by Gasteiger charge is 2.31. The van der Waals surface area contributed by atoms with E-state index in [1.54, 1.807) is 18.2 Å². The SMILES string of the molecule is CCCCCC(F)(F)c1ccc(C2=CCC[C@@H]2CCCc2ccc(C(=O)O)s2)cc1. The van der Waals surface area contributed by atoms with Crippen LogP contribution in [-0.2, 0) is 12.3 Å². The number of unbranched alkanes of at least 4 members (excludes halogenated alkanes) is 2. The van der Waals surface area contributed by atoms with Crippen LogP contribution in [0.5, 0.6) is 0 Å². The molecule has 1 N–H and O–H groups in total. The van der Waals surface area contributed by atoms with E-state index < -0.39 is 11.9 Å². The van der Waals surface area contributed by atoms with Crippen molar-refractivity contribution in [1.29, 1.82) is 0 Å². The summed E-state index contributed by atoms with van der Waals surface area (Å²) < 4.78 is 28.8. The van der Waals surface area contributed by atoms with Crippen molar-refractivity contribution >= 4 is 22.9 Å². The Bertz CT molecular complexity index is 868. The van der Waals surface area contributed by atoms with Crippen LogP contribution in [0.25, 0.3) is 5.57 Å². The van der Waals surface area contributed by atoms with E-state index in [2.05, 4.69) is 6.08 Å². The van der Waals surface area contributed by atoms with Crippen LogP contribution in [0.3, 0.4) is 0 Å². The lowest BCUT2D eigenvalue weighted by atomic mass is 9.89. The molecule has 1 atom stereocenters. The zero-order valence-corrected chi connectivity index (χ0v) is 18.3. The zero-order chi connectivity index (χ0) is 21.6. The fraction of sp³-hybridized carbons (Fsp3) is 0.480. The molecule has 0 fully saturated rings. The molecule has 162 valence electrons. The number of alkyl halides is 2. The molecule has 30 heavy (non-hydrogen) atoms. The standard InChI is InChI=1S/C25H30F2O2S/c1-2-3-4-17-25(26,27)20-13-11-19(12-14-20)22-10-6-8-18(22)7-5-9-21-15-16-23(30-21)24(28)29/h10-16,18H,2-9,17H2,1H3,(H,28,29)/t18-/m0/s1. The van der Waals surface area contributed by atoms with Gasteiger partial charge in [-0.1, -0.05) is 50.1 Å². The number of thiophene rings is 1. The summed E-state index contributed by atoms with van der Waals surface area (Å²) in [5.74, 6) is -3.18. The molecule has 1 heterocycles. The van der Waals surface area contributed by atoms with Crippen LogP contribution >= 0.6 is 11.3 Å². The van der Waals surface area contributed by atoms with E-state index in [1.165, 1.54) is 16.9 Å². The van der Waals surface area contributed by atoms with Crippen LogP contribution in [-0.4, -0.2) is 11.1 Å². The van der Waals surface area contributed by atoms with Crippen molar-refractivity contribution in [3.05, 3.63) is 63.4 Å². The second kappa shape index (κ2) is 10.3. The van der Waals surface area contributed by atoms with Gasteiger partial charge in [-0.25, -0.2) is 13.6 Å². The number of rotatable bonds is 11. The van der Waals surface area contributed by atoms with Gasteiger partial charge in [0.25, 0.3) is 5.92 Å². The van der Waals surface area contributed by atoms with Crippen LogP contribution < -0.4 is 0 Å². The molecule has 2 aromatic rings. The van der Waals surface area contributed by atoms with Gasteiger partial charge in [-0.15, -0.1) is 11.3 Å². The first kappa shape index (κ1) is 22.7. The first-order chi connectivity index (χ1) is 14.4. The lowest BCUT2D eigenvalue weighted by molar-refractivity contribution is -0.0157. The first-order valence-corrected chi connectivity index (χ1v) is 11.7. The molecule has 0 spiro atoms. The Morgan fingerprint density at radius 2 is 1.90 bits per heavy atom. The number of carboxylic acids is 1. The molecule has 1 aromatic heterocycles. The highest BCUT2D eigenvalue weighted by molar-refractivity contribution is 7.13. The molecule has 1 aromatic carbocycles. The molecule has 1 aliphatic carbocycles. The first-order valence-electron chi connectivity index (χ1n) is 10.9. The number of carboxylic acid groups (broad SMARTS) is 1. The minimum atomic E-state index is -2.76. The summed E-state index contributed by atoms with van der Waals surface area (Å²) in [7, 11) is 0. The number of allylic oxidation sites excluding steroid dienone is 2. The average Bonchev–Trinajstić information content (AvgIpc) is 3.38. The van der Waals surface area contributed by atoms with Crippen molar-refractivity contribution in [3.63, 3.8) is 0 Å². The minimum Gasteiger partial charge on any atom is -0.477 e. The molecular weight excluding hydrogens is 402 g/mol. The van der Waals surface area contributed by atoms with Gasteiger partial charge in [0, 0.05) is 16.9 Å². The van der Waals surface area contributed by atoms with Gasteiger partial charge < -0.3 is 5.11 Å². The maximum atomic E-state index is 14.4. The van der Waals surface area contributed by atoms with Gasteiger partial charge in [-0.3, -0.25) is 0 Å². The Morgan fingerprint density at radius 3 is 2.57 bits per heavy atom. The molecule has 3 rings (SSSR count). The monoisotopic (exact) mass is 432 g/mol. The van der Waals surface area contributed by atoms with E-state index in [-0.39, 0.29) is 12.0 Å². The molecule has 0 aliphatic heterocycles. The molecule has 0 bridgehead atoms. The zero-order valence-electron chi connectivity index (χ0n) is 17.5. The number of carbonyl (C=O) groups is 1. The van der Waals surface area contributed by atoms with Crippen molar-refractivity contribution in [1.82, 2.24) is 0 Å². The number of benzene rings is 1.